The summed E-state index contributed by atoms with van der Waals surface area (Å²) in [6.45, 7) is 0. The maximum absolute atomic E-state index is 10.3. The number of aromatic nitrogens is 1. The fourth-order valence-electron chi connectivity index (χ4n) is 3.42. The molecule has 5 rings (SSSR count). The van der Waals surface area contributed by atoms with Gasteiger partial charge in [0, 0.05) is 27.1 Å². The van der Waals surface area contributed by atoms with Gasteiger partial charge in [0.15, 0.2) is 11.7 Å². The van der Waals surface area contributed by atoms with Gasteiger partial charge in [-0.3, -0.25) is 0 Å². The number of hydrogen-bond donors (Lipinski definition) is 2. The Labute approximate surface area is 171 Å². The minimum atomic E-state index is 0.106. The van der Waals surface area contributed by atoms with E-state index in [0.29, 0.717) is 16.4 Å². The molecule has 29 heavy (non-hydrogen) atoms. The van der Waals surface area contributed by atoms with Crippen LogP contribution in [0.5, 0.6) is 11.6 Å². The molecule has 0 aliphatic carbocycles. The van der Waals surface area contributed by atoms with E-state index in [1.54, 1.807) is 13.2 Å². The summed E-state index contributed by atoms with van der Waals surface area (Å²) in [6.07, 6.45) is 1.91. The van der Waals surface area contributed by atoms with Crippen LogP contribution in [0.1, 0.15) is 11.1 Å². The van der Waals surface area contributed by atoms with E-state index < -0.39 is 0 Å². The first-order valence-corrected chi connectivity index (χ1v) is 9.42. The second kappa shape index (κ2) is 6.79. The number of halogens is 1. The first-order valence-electron chi connectivity index (χ1n) is 9.04. The molecule has 3 aromatic carbocycles. The average Bonchev–Trinajstić information content (AvgIpc) is 3.29. The van der Waals surface area contributed by atoms with Crippen LogP contribution in [0, 0.1) is 0 Å². The highest BCUT2D eigenvalue weighted by Gasteiger charge is 2.12. The van der Waals surface area contributed by atoms with Crippen LogP contribution in [0.25, 0.3) is 17.0 Å². The predicted molar refractivity (Wildman–Crippen MR) is 115 cm³/mol. The number of ether oxygens (including phenoxy) is 1. The normalized spacial score (nSPS) is 13.3. The molecule has 1 aromatic heterocycles. The summed E-state index contributed by atoms with van der Waals surface area (Å²) in [5, 5.41) is 13.5. The number of aromatic hydroxyl groups is 1. The summed E-state index contributed by atoms with van der Waals surface area (Å²) in [5.41, 5.74) is 3.24. The fraction of sp³-hybridized carbons (Fsp3) is 0.0435. The molecule has 0 spiro atoms. The highest BCUT2D eigenvalue weighted by molar-refractivity contribution is 6.31. The van der Waals surface area contributed by atoms with Crippen LogP contribution in [-0.4, -0.2) is 23.0 Å². The summed E-state index contributed by atoms with van der Waals surface area (Å²) in [5.74, 6) is 1.57. The van der Waals surface area contributed by atoms with Gasteiger partial charge in [-0.05, 0) is 65.9 Å². The number of methoxy groups -OCH3 is 1. The largest absolute Gasteiger partial charge is 0.497 e. The molecule has 0 atom stereocenters. The zero-order chi connectivity index (χ0) is 20.0. The number of fused-ring (bicyclic) bond motifs is 2. The molecule has 0 radical (unpaired) electrons. The Morgan fingerprint density at radius 1 is 1.00 bits per heavy atom. The van der Waals surface area contributed by atoms with Crippen molar-refractivity contribution in [3.8, 4) is 11.6 Å². The summed E-state index contributed by atoms with van der Waals surface area (Å²) >= 11 is 6.13. The van der Waals surface area contributed by atoms with Crippen LogP contribution in [0.4, 0.5) is 5.69 Å². The maximum Gasteiger partial charge on any atom is 0.196 e. The van der Waals surface area contributed by atoms with Crippen molar-refractivity contribution in [3.63, 3.8) is 0 Å². The number of aliphatic imine (C=N–C) groups is 1. The molecular weight excluding hydrogens is 386 g/mol. The topological polar surface area (TPSA) is 70.0 Å². The highest BCUT2D eigenvalue weighted by atomic mass is 35.5. The molecule has 0 unspecified atom stereocenters. The Hall–Kier alpha value is -3.57. The van der Waals surface area contributed by atoms with E-state index in [2.05, 4.69) is 15.0 Å². The van der Waals surface area contributed by atoms with Crippen molar-refractivity contribution in [3.05, 3.63) is 87.4 Å². The summed E-state index contributed by atoms with van der Waals surface area (Å²) in [4.78, 5) is 12.3. The van der Waals surface area contributed by atoms with Gasteiger partial charge in [-0.25, -0.2) is 9.98 Å². The lowest BCUT2D eigenvalue weighted by molar-refractivity contribution is 0.415. The molecule has 0 saturated carbocycles. The Morgan fingerprint density at radius 3 is 2.62 bits per heavy atom. The van der Waals surface area contributed by atoms with Crippen LogP contribution >= 0.6 is 11.6 Å². The number of H-pyrrole nitrogens is 1. The molecule has 2 N–H and O–H groups in total. The molecule has 6 heteroatoms. The van der Waals surface area contributed by atoms with Gasteiger partial charge in [-0.15, -0.1) is 0 Å². The first-order chi connectivity index (χ1) is 14.1. The molecule has 142 valence electrons. The SMILES string of the molecule is COc1ccc(C2=Nc3cc(=Cc4c(O)[nH]c5ccc(Cl)cc45)ccc3=N2)cc1. The van der Waals surface area contributed by atoms with Gasteiger partial charge in [0.05, 0.1) is 18.2 Å². The van der Waals surface area contributed by atoms with Crippen LogP contribution in [-0.2, 0) is 0 Å². The summed E-state index contributed by atoms with van der Waals surface area (Å²) in [6, 6.07) is 19.0. The smallest absolute Gasteiger partial charge is 0.196 e. The van der Waals surface area contributed by atoms with E-state index in [4.69, 9.17) is 16.3 Å². The highest BCUT2D eigenvalue weighted by Crippen LogP contribution is 2.30. The lowest BCUT2D eigenvalue weighted by atomic mass is 10.1. The van der Waals surface area contributed by atoms with Gasteiger partial charge in [-0.2, -0.15) is 0 Å². The molecular formula is C23H16ClN3O2. The predicted octanol–water partition coefficient (Wildman–Crippen LogP) is 4.08. The Bertz CT molecular complexity index is 1400. The van der Waals surface area contributed by atoms with Crippen molar-refractivity contribution < 1.29 is 9.84 Å². The van der Waals surface area contributed by atoms with Gasteiger partial charge in [0.1, 0.15) is 5.75 Å². The number of benzene rings is 3. The second-order valence-electron chi connectivity index (χ2n) is 6.75. The van der Waals surface area contributed by atoms with Crippen molar-refractivity contribution in [2.24, 2.45) is 9.98 Å². The fourth-order valence-corrected chi connectivity index (χ4v) is 3.59. The number of aromatic amines is 1. The van der Waals surface area contributed by atoms with Crippen molar-refractivity contribution in [1.82, 2.24) is 4.98 Å². The summed E-state index contributed by atoms with van der Waals surface area (Å²) < 4.78 is 5.20. The van der Waals surface area contributed by atoms with Gasteiger partial charge in [0.2, 0.25) is 0 Å². The molecule has 4 aromatic rings. The third-order valence-electron chi connectivity index (χ3n) is 4.89. The Balaban J connectivity index is 1.57. The van der Waals surface area contributed by atoms with Crippen molar-refractivity contribution >= 4 is 40.1 Å². The van der Waals surface area contributed by atoms with E-state index >= 15 is 0 Å². The number of amidine groups is 1. The maximum atomic E-state index is 10.3. The number of nitrogens with one attached hydrogen (secondary N) is 1. The number of hydrogen-bond acceptors (Lipinski definition) is 4. The second-order valence-corrected chi connectivity index (χ2v) is 7.18. The summed E-state index contributed by atoms with van der Waals surface area (Å²) in [7, 11) is 1.64. The standard InChI is InChI=1S/C23H16ClN3O2/c1-29-16-6-3-14(4-7-16)22-25-20-8-2-13(11-21(20)26-22)10-18-17-12-15(24)5-9-19(17)27-23(18)28/h2-12,27-28H,1H3. The minimum absolute atomic E-state index is 0.106. The zero-order valence-corrected chi connectivity index (χ0v) is 16.2. The van der Waals surface area contributed by atoms with Crippen molar-refractivity contribution in [1.29, 1.82) is 0 Å². The zero-order valence-electron chi connectivity index (χ0n) is 15.5. The monoisotopic (exact) mass is 401 g/mol. The third kappa shape index (κ3) is 3.15. The van der Waals surface area contributed by atoms with Crippen LogP contribution in [0.3, 0.4) is 0 Å². The van der Waals surface area contributed by atoms with Gasteiger partial charge in [0.25, 0.3) is 0 Å². The van der Waals surface area contributed by atoms with Crippen LogP contribution < -0.4 is 15.3 Å². The van der Waals surface area contributed by atoms with Crippen molar-refractivity contribution in [2.75, 3.05) is 7.11 Å². The molecule has 2 heterocycles. The molecule has 0 amide bonds. The van der Waals surface area contributed by atoms with Crippen LogP contribution in [0.15, 0.2) is 70.6 Å². The lowest BCUT2D eigenvalue weighted by Gasteiger charge is -2.00. The molecule has 1 aliphatic heterocycles. The first kappa shape index (κ1) is 17.5. The Kier molecular flexibility index (Phi) is 4.11. The van der Waals surface area contributed by atoms with Crippen molar-refractivity contribution in [2.45, 2.75) is 0 Å². The molecule has 1 aliphatic rings. The van der Waals surface area contributed by atoms with Gasteiger partial charge < -0.3 is 14.8 Å². The van der Waals surface area contributed by atoms with E-state index in [1.807, 2.05) is 60.7 Å². The van der Waals surface area contributed by atoms with E-state index in [-0.39, 0.29) is 5.88 Å². The average molecular weight is 402 g/mol. The van der Waals surface area contributed by atoms with E-state index in [0.717, 1.165) is 38.5 Å². The van der Waals surface area contributed by atoms with Gasteiger partial charge >= 0.3 is 0 Å². The minimum Gasteiger partial charge on any atom is -0.497 e. The van der Waals surface area contributed by atoms with Gasteiger partial charge in [-0.1, -0.05) is 17.7 Å². The number of nitrogens with zero attached hydrogens (tertiary/aromatic N) is 2. The molecule has 0 bridgehead atoms. The quantitative estimate of drug-likeness (QED) is 0.543. The van der Waals surface area contributed by atoms with E-state index in [1.165, 1.54) is 0 Å². The molecule has 0 fully saturated rings. The van der Waals surface area contributed by atoms with E-state index in [9.17, 15) is 5.11 Å². The lowest BCUT2D eigenvalue weighted by Crippen LogP contribution is -2.07. The third-order valence-corrected chi connectivity index (χ3v) is 5.13. The number of rotatable bonds is 3. The molecule has 0 saturated heterocycles. The molecule has 5 nitrogen and oxygen atoms in total. The Morgan fingerprint density at radius 2 is 1.83 bits per heavy atom. The van der Waals surface area contributed by atoms with Crippen LogP contribution in [0.2, 0.25) is 5.02 Å².